The zero-order chi connectivity index (χ0) is 19.0. The predicted octanol–water partition coefficient (Wildman–Crippen LogP) is 4.11. The lowest BCUT2D eigenvalue weighted by Crippen LogP contribution is -2.31. The largest absolute Gasteiger partial charge is 0.503 e. The third kappa shape index (κ3) is 2.90. The van der Waals surface area contributed by atoms with Crippen LogP contribution < -0.4 is 4.90 Å². The first-order valence-corrected chi connectivity index (χ1v) is 8.47. The van der Waals surface area contributed by atoms with Crippen LogP contribution in [-0.2, 0) is 4.79 Å². The number of halogens is 1. The molecule has 0 radical (unpaired) electrons. The molecule has 0 aliphatic carbocycles. The zero-order valence-electron chi connectivity index (χ0n) is 13.9. The molecule has 3 aromatic rings. The molecule has 1 aromatic carbocycles. The Bertz CT molecular complexity index is 1030. The summed E-state index contributed by atoms with van der Waals surface area (Å²) in [6.45, 7) is 0. The Kier molecular flexibility index (Phi) is 4.25. The lowest BCUT2D eigenvalue weighted by Gasteiger charge is -2.25. The first-order valence-electron chi connectivity index (χ1n) is 8.09. The fourth-order valence-corrected chi connectivity index (χ4v) is 3.20. The first-order chi connectivity index (χ1) is 13.1. The Morgan fingerprint density at radius 1 is 1.11 bits per heavy atom. The second-order valence-electron chi connectivity index (χ2n) is 5.89. The molecule has 0 bridgehead atoms. The fraction of sp³-hybridized carbons (Fsp3) is 0.0500. The number of pyridine rings is 1. The summed E-state index contributed by atoms with van der Waals surface area (Å²) < 4.78 is 5.17. The standard InChI is InChI=1S/C20H13ClN2O4/c21-13-8-6-12(7-9-13)17-16(18(24)14-4-3-11-27-14)19(25)20(26)23(17)15-5-1-2-10-22-15/h1-11,17,25H. The number of carbonyl (C=O) groups excluding carboxylic acids is 2. The van der Waals surface area contributed by atoms with E-state index in [2.05, 4.69) is 4.98 Å². The second-order valence-corrected chi connectivity index (χ2v) is 6.32. The molecule has 1 unspecified atom stereocenters. The Hall–Kier alpha value is -3.38. The van der Waals surface area contributed by atoms with Gasteiger partial charge in [0.1, 0.15) is 5.82 Å². The SMILES string of the molecule is O=C(C1=C(O)C(=O)N(c2ccccn2)C1c1ccc(Cl)cc1)c1ccco1. The van der Waals surface area contributed by atoms with Gasteiger partial charge in [0.25, 0.3) is 5.91 Å². The first kappa shape index (κ1) is 17.1. The maximum Gasteiger partial charge on any atom is 0.295 e. The molecule has 2 aromatic heterocycles. The molecule has 7 heteroatoms. The molecular formula is C20H13ClN2O4. The number of aromatic nitrogens is 1. The normalized spacial score (nSPS) is 16.9. The number of carbonyl (C=O) groups is 2. The van der Waals surface area contributed by atoms with Gasteiger partial charge in [-0.3, -0.25) is 14.5 Å². The van der Waals surface area contributed by atoms with Gasteiger partial charge in [-0.1, -0.05) is 29.8 Å². The summed E-state index contributed by atoms with van der Waals surface area (Å²) in [5, 5.41) is 11.0. The summed E-state index contributed by atoms with van der Waals surface area (Å²) in [4.78, 5) is 31.3. The van der Waals surface area contributed by atoms with Crippen molar-refractivity contribution < 1.29 is 19.1 Å². The Morgan fingerprint density at radius 2 is 1.89 bits per heavy atom. The van der Waals surface area contributed by atoms with Gasteiger partial charge in [0.05, 0.1) is 17.9 Å². The van der Waals surface area contributed by atoms with Crippen molar-refractivity contribution in [1.29, 1.82) is 0 Å². The van der Waals surface area contributed by atoms with Crippen LogP contribution in [0.5, 0.6) is 0 Å². The summed E-state index contributed by atoms with van der Waals surface area (Å²) in [7, 11) is 0. The Labute approximate surface area is 159 Å². The lowest BCUT2D eigenvalue weighted by molar-refractivity contribution is -0.117. The van der Waals surface area contributed by atoms with Gasteiger partial charge < -0.3 is 9.52 Å². The molecule has 1 aliphatic rings. The molecule has 0 fully saturated rings. The van der Waals surface area contributed by atoms with E-state index in [0.29, 0.717) is 16.4 Å². The molecule has 1 amide bonds. The maximum atomic E-state index is 13.0. The second kappa shape index (κ2) is 6.74. The van der Waals surface area contributed by atoms with Crippen LogP contribution in [-0.4, -0.2) is 21.8 Å². The maximum absolute atomic E-state index is 13.0. The van der Waals surface area contributed by atoms with Crippen molar-refractivity contribution in [3.05, 3.63) is 94.7 Å². The van der Waals surface area contributed by atoms with Crippen LogP contribution in [0.3, 0.4) is 0 Å². The molecule has 0 saturated heterocycles. The topological polar surface area (TPSA) is 83.6 Å². The summed E-state index contributed by atoms with van der Waals surface area (Å²) in [6, 6.07) is 14.0. The number of aliphatic hydroxyl groups is 1. The van der Waals surface area contributed by atoms with Crippen molar-refractivity contribution in [3.8, 4) is 0 Å². The van der Waals surface area contributed by atoms with E-state index < -0.39 is 23.5 Å². The number of hydrogen-bond donors (Lipinski definition) is 1. The van der Waals surface area contributed by atoms with Crippen LogP contribution in [0.2, 0.25) is 5.02 Å². The minimum atomic E-state index is -0.859. The van der Waals surface area contributed by atoms with E-state index in [0.717, 1.165) is 0 Å². The smallest absolute Gasteiger partial charge is 0.295 e. The van der Waals surface area contributed by atoms with Gasteiger partial charge >= 0.3 is 0 Å². The minimum absolute atomic E-state index is 0.0335. The van der Waals surface area contributed by atoms with Crippen molar-refractivity contribution in [2.45, 2.75) is 6.04 Å². The molecule has 27 heavy (non-hydrogen) atoms. The molecule has 0 spiro atoms. The number of Topliss-reactive ketones (excluding diaryl/α,β-unsaturated/α-hetero) is 1. The number of rotatable bonds is 4. The van der Waals surface area contributed by atoms with Gasteiger partial charge in [0.2, 0.25) is 5.78 Å². The van der Waals surface area contributed by atoms with Crippen molar-refractivity contribution in [3.63, 3.8) is 0 Å². The molecule has 4 rings (SSSR count). The number of hydrogen-bond acceptors (Lipinski definition) is 5. The van der Waals surface area contributed by atoms with Crippen molar-refractivity contribution in [1.82, 2.24) is 4.98 Å². The van der Waals surface area contributed by atoms with Crippen LogP contribution in [0, 0.1) is 0 Å². The van der Waals surface area contributed by atoms with E-state index in [1.54, 1.807) is 48.5 Å². The quantitative estimate of drug-likeness (QED) is 0.688. The molecule has 1 aliphatic heterocycles. The Balaban J connectivity index is 1.88. The van der Waals surface area contributed by atoms with Crippen LogP contribution >= 0.6 is 11.6 Å². The number of benzene rings is 1. The van der Waals surface area contributed by atoms with E-state index in [-0.39, 0.29) is 11.3 Å². The van der Waals surface area contributed by atoms with Crippen LogP contribution in [0.1, 0.15) is 22.2 Å². The van der Waals surface area contributed by atoms with E-state index in [1.807, 2.05) is 0 Å². The van der Waals surface area contributed by atoms with Gasteiger partial charge in [-0.05, 0) is 42.0 Å². The molecular weight excluding hydrogens is 368 g/mol. The number of aliphatic hydroxyl groups excluding tert-OH is 1. The van der Waals surface area contributed by atoms with E-state index in [4.69, 9.17) is 16.0 Å². The third-order valence-electron chi connectivity index (χ3n) is 4.28. The van der Waals surface area contributed by atoms with E-state index >= 15 is 0 Å². The Morgan fingerprint density at radius 3 is 2.52 bits per heavy atom. The highest BCUT2D eigenvalue weighted by atomic mass is 35.5. The molecule has 134 valence electrons. The predicted molar refractivity (Wildman–Crippen MR) is 98.6 cm³/mol. The highest BCUT2D eigenvalue weighted by Crippen LogP contribution is 2.41. The van der Waals surface area contributed by atoms with Crippen molar-refractivity contribution in [2.75, 3.05) is 4.90 Å². The fourth-order valence-electron chi connectivity index (χ4n) is 3.07. The minimum Gasteiger partial charge on any atom is -0.503 e. The molecule has 1 atom stereocenters. The lowest BCUT2D eigenvalue weighted by atomic mass is 9.95. The number of amides is 1. The number of furan rings is 1. The van der Waals surface area contributed by atoms with Gasteiger partial charge in [0.15, 0.2) is 11.5 Å². The summed E-state index contributed by atoms with van der Waals surface area (Å²) >= 11 is 5.97. The van der Waals surface area contributed by atoms with Crippen molar-refractivity contribution in [2.24, 2.45) is 0 Å². The average Bonchev–Trinajstić information content (AvgIpc) is 3.31. The van der Waals surface area contributed by atoms with Crippen LogP contribution in [0.4, 0.5) is 5.82 Å². The molecule has 3 heterocycles. The molecule has 1 N–H and O–H groups in total. The number of anilines is 1. The van der Waals surface area contributed by atoms with Crippen molar-refractivity contribution >= 4 is 29.1 Å². The van der Waals surface area contributed by atoms with Crippen LogP contribution in [0.15, 0.2) is 82.8 Å². The summed E-state index contributed by atoms with van der Waals surface area (Å²) in [5.41, 5.74) is 0.542. The molecule has 0 saturated carbocycles. The van der Waals surface area contributed by atoms with Crippen LogP contribution in [0.25, 0.3) is 0 Å². The van der Waals surface area contributed by atoms with Gasteiger partial charge in [-0.15, -0.1) is 0 Å². The highest BCUT2D eigenvalue weighted by molar-refractivity contribution is 6.30. The van der Waals surface area contributed by atoms with E-state index in [9.17, 15) is 14.7 Å². The number of ketones is 1. The number of nitrogens with zero attached hydrogens (tertiary/aromatic N) is 2. The zero-order valence-corrected chi connectivity index (χ0v) is 14.6. The third-order valence-corrected chi connectivity index (χ3v) is 4.53. The summed E-state index contributed by atoms with van der Waals surface area (Å²) in [6.07, 6.45) is 2.89. The van der Waals surface area contributed by atoms with Gasteiger partial charge in [0, 0.05) is 11.2 Å². The summed E-state index contributed by atoms with van der Waals surface area (Å²) in [5.74, 6) is -1.54. The molecule has 6 nitrogen and oxygen atoms in total. The average molecular weight is 381 g/mol. The van der Waals surface area contributed by atoms with Gasteiger partial charge in [-0.2, -0.15) is 0 Å². The van der Waals surface area contributed by atoms with Gasteiger partial charge in [-0.25, -0.2) is 4.98 Å². The highest BCUT2D eigenvalue weighted by Gasteiger charge is 2.45. The van der Waals surface area contributed by atoms with E-state index in [1.165, 1.54) is 23.4 Å². The monoisotopic (exact) mass is 380 g/mol.